The summed E-state index contributed by atoms with van der Waals surface area (Å²) in [6, 6.07) is 7.75. The van der Waals surface area contributed by atoms with E-state index in [0.29, 0.717) is 32.5 Å². The van der Waals surface area contributed by atoms with Crippen molar-refractivity contribution >= 4 is 15.9 Å². The van der Waals surface area contributed by atoms with Gasteiger partial charge in [-0.05, 0) is 24.0 Å². The van der Waals surface area contributed by atoms with Gasteiger partial charge in [-0.3, -0.25) is 4.79 Å². The summed E-state index contributed by atoms with van der Waals surface area (Å²) >= 11 is 0. The average Bonchev–Trinajstić information content (AvgIpc) is 2.92. The molecule has 3 rings (SSSR count). The summed E-state index contributed by atoms with van der Waals surface area (Å²) in [5.41, 5.74) is 2.45. The van der Waals surface area contributed by atoms with Gasteiger partial charge in [0, 0.05) is 25.7 Å². The Bertz CT molecular complexity index is 674. The second-order valence-electron chi connectivity index (χ2n) is 6.07. The second-order valence-corrected chi connectivity index (χ2v) is 7.85. The van der Waals surface area contributed by atoms with Crippen molar-refractivity contribution < 1.29 is 13.2 Å². The van der Waals surface area contributed by atoms with Crippen molar-refractivity contribution in [3.63, 3.8) is 0 Å². The van der Waals surface area contributed by atoms with Crippen molar-refractivity contribution in [1.29, 1.82) is 0 Å². The van der Waals surface area contributed by atoms with E-state index < -0.39 is 10.0 Å². The molecule has 120 valence electrons. The van der Waals surface area contributed by atoms with Gasteiger partial charge in [0.05, 0.1) is 12.3 Å². The van der Waals surface area contributed by atoms with E-state index in [2.05, 4.69) is 22.2 Å². The van der Waals surface area contributed by atoms with E-state index in [0.717, 1.165) is 6.26 Å². The lowest BCUT2D eigenvalue weighted by Crippen LogP contribution is -2.49. The number of amides is 1. The average molecular weight is 323 g/mol. The van der Waals surface area contributed by atoms with Crippen LogP contribution in [0.25, 0.3) is 0 Å². The molecule has 1 amide bonds. The number of hydrogen-bond acceptors (Lipinski definition) is 4. The number of fused-ring (bicyclic) bond motifs is 1. The van der Waals surface area contributed by atoms with Crippen molar-refractivity contribution in [1.82, 2.24) is 14.9 Å². The predicted molar refractivity (Wildman–Crippen MR) is 83.7 cm³/mol. The highest BCUT2D eigenvalue weighted by Gasteiger charge is 2.33. The van der Waals surface area contributed by atoms with Gasteiger partial charge in [0.15, 0.2) is 0 Å². The molecule has 1 aromatic carbocycles. The maximum absolute atomic E-state index is 12.6. The molecule has 1 fully saturated rings. The maximum atomic E-state index is 12.6. The van der Waals surface area contributed by atoms with Gasteiger partial charge in [-0.1, -0.05) is 24.3 Å². The summed E-state index contributed by atoms with van der Waals surface area (Å²) in [7, 11) is -3.23. The Kier molecular flexibility index (Phi) is 4.20. The Morgan fingerprint density at radius 2 is 2.05 bits per heavy atom. The van der Waals surface area contributed by atoms with Gasteiger partial charge in [-0.2, -0.15) is 0 Å². The zero-order chi connectivity index (χ0) is 15.7. The monoisotopic (exact) mass is 323 g/mol. The van der Waals surface area contributed by atoms with E-state index in [1.54, 1.807) is 4.90 Å². The quantitative estimate of drug-likeness (QED) is 0.811. The minimum atomic E-state index is -3.23. The molecule has 2 N–H and O–H groups in total. The molecule has 2 aliphatic heterocycles. The van der Waals surface area contributed by atoms with Crippen LogP contribution in [0.5, 0.6) is 0 Å². The normalized spacial score (nSPS) is 25.0. The number of sulfonamides is 1. The van der Waals surface area contributed by atoms with Crippen LogP contribution in [-0.4, -0.2) is 50.7 Å². The molecule has 0 unspecified atom stereocenters. The van der Waals surface area contributed by atoms with Crippen LogP contribution in [0.15, 0.2) is 24.3 Å². The third-order valence-corrected chi connectivity index (χ3v) is 5.02. The summed E-state index contributed by atoms with van der Waals surface area (Å²) in [6.07, 6.45) is 2.51. The van der Waals surface area contributed by atoms with E-state index in [1.807, 2.05) is 12.1 Å². The number of carbonyl (C=O) groups is 1. The SMILES string of the molecule is CS(=O)(=O)N[C@H]1CCN(C(=O)[C@@H]2Cc3ccccc3CN2)C1. The lowest BCUT2D eigenvalue weighted by molar-refractivity contribution is -0.132. The minimum Gasteiger partial charge on any atom is -0.340 e. The summed E-state index contributed by atoms with van der Waals surface area (Å²) in [6.45, 7) is 1.75. The molecule has 0 aliphatic carbocycles. The Morgan fingerprint density at radius 1 is 1.32 bits per heavy atom. The molecular weight excluding hydrogens is 302 g/mol. The van der Waals surface area contributed by atoms with Crippen LogP contribution >= 0.6 is 0 Å². The second kappa shape index (κ2) is 5.98. The molecule has 1 aromatic rings. The fourth-order valence-electron chi connectivity index (χ4n) is 3.21. The highest BCUT2D eigenvalue weighted by molar-refractivity contribution is 7.88. The molecular formula is C15H21N3O3S. The zero-order valence-corrected chi connectivity index (χ0v) is 13.4. The first kappa shape index (κ1) is 15.5. The first-order valence-corrected chi connectivity index (χ1v) is 9.38. The fraction of sp³-hybridized carbons (Fsp3) is 0.533. The van der Waals surface area contributed by atoms with E-state index in [-0.39, 0.29) is 18.0 Å². The predicted octanol–water partition coefficient (Wildman–Crippen LogP) is -0.149. The van der Waals surface area contributed by atoms with Gasteiger partial charge < -0.3 is 10.2 Å². The first-order valence-electron chi connectivity index (χ1n) is 7.48. The van der Waals surface area contributed by atoms with Crippen LogP contribution < -0.4 is 10.0 Å². The number of rotatable bonds is 3. The van der Waals surface area contributed by atoms with Crippen LogP contribution in [-0.2, 0) is 27.8 Å². The number of carbonyl (C=O) groups excluding carboxylic acids is 1. The van der Waals surface area contributed by atoms with Crippen LogP contribution in [0.2, 0.25) is 0 Å². The fourth-order valence-corrected chi connectivity index (χ4v) is 4.01. The summed E-state index contributed by atoms with van der Waals surface area (Å²) in [5, 5.41) is 3.29. The molecule has 0 bridgehead atoms. The van der Waals surface area contributed by atoms with Gasteiger partial charge in [0.1, 0.15) is 0 Å². The third-order valence-electron chi connectivity index (χ3n) is 4.26. The number of hydrogen-bond donors (Lipinski definition) is 2. The molecule has 1 saturated heterocycles. The number of benzene rings is 1. The molecule has 22 heavy (non-hydrogen) atoms. The summed E-state index contributed by atoms with van der Waals surface area (Å²) < 4.78 is 25.1. The summed E-state index contributed by atoms with van der Waals surface area (Å²) in [4.78, 5) is 14.4. The topological polar surface area (TPSA) is 78.5 Å². The first-order chi connectivity index (χ1) is 10.4. The van der Waals surface area contributed by atoms with Crippen LogP contribution in [0.1, 0.15) is 17.5 Å². The standard InChI is InChI=1S/C15H21N3O3S/c1-22(20,21)17-13-6-7-18(10-13)15(19)14-8-11-4-2-3-5-12(11)9-16-14/h2-5,13-14,16-17H,6-10H2,1H3/t13-,14-/m0/s1. The van der Waals surface area contributed by atoms with Gasteiger partial charge in [0.2, 0.25) is 15.9 Å². The van der Waals surface area contributed by atoms with E-state index in [4.69, 9.17) is 0 Å². The molecule has 0 saturated carbocycles. The molecule has 0 radical (unpaired) electrons. The number of nitrogens with one attached hydrogen (secondary N) is 2. The van der Waals surface area contributed by atoms with Crippen molar-refractivity contribution in [3.8, 4) is 0 Å². The molecule has 6 nitrogen and oxygen atoms in total. The number of likely N-dealkylation sites (tertiary alicyclic amines) is 1. The Balaban J connectivity index is 1.62. The van der Waals surface area contributed by atoms with Gasteiger partial charge in [-0.15, -0.1) is 0 Å². The largest absolute Gasteiger partial charge is 0.340 e. The Morgan fingerprint density at radius 3 is 2.77 bits per heavy atom. The lowest BCUT2D eigenvalue weighted by Gasteiger charge is -2.29. The third kappa shape index (κ3) is 3.48. The maximum Gasteiger partial charge on any atom is 0.240 e. The molecule has 0 aromatic heterocycles. The van der Waals surface area contributed by atoms with Crippen molar-refractivity contribution in [2.24, 2.45) is 0 Å². The minimum absolute atomic E-state index is 0.0623. The number of nitrogens with zero attached hydrogens (tertiary/aromatic N) is 1. The van der Waals surface area contributed by atoms with E-state index in [1.165, 1.54) is 11.1 Å². The highest BCUT2D eigenvalue weighted by Crippen LogP contribution is 2.19. The Hall–Kier alpha value is -1.44. The van der Waals surface area contributed by atoms with Crippen LogP contribution in [0.4, 0.5) is 0 Å². The van der Waals surface area contributed by atoms with E-state index >= 15 is 0 Å². The molecule has 2 heterocycles. The smallest absolute Gasteiger partial charge is 0.240 e. The van der Waals surface area contributed by atoms with Crippen LogP contribution in [0.3, 0.4) is 0 Å². The lowest BCUT2D eigenvalue weighted by atomic mass is 9.95. The van der Waals surface area contributed by atoms with Crippen molar-refractivity contribution in [2.75, 3.05) is 19.3 Å². The summed E-state index contributed by atoms with van der Waals surface area (Å²) in [5.74, 6) is 0.0623. The van der Waals surface area contributed by atoms with E-state index in [9.17, 15) is 13.2 Å². The highest BCUT2D eigenvalue weighted by atomic mass is 32.2. The van der Waals surface area contributed by atoms with Gasteiger partial charge in [-0.25, -0.2) is 13.1 Å². The molecule has 0 spiro atoms. The van der Waals surface area contributed by atoms with Crippen molar-refractivity contribution in [3.05, 3.63) is 35.4 Å². The van der Waals surface area contributed by atoms with Crippen molar-refractivity contribution in [2.45, 2.75) is 31.5 Å². The molecule has 7 heteroatoms. The Labute approximate surface area is 130 Å². The van der Waals surface area contributed by atoms with Gasteiger partial charge in [0.25, 0.3) is 0 Å². The van der Waals surface area contributed by atoms with Gasteiger partial charge >= 0.3 is 0 Å². The molecule has 2 atom stereocenters. The zero-order valence-electron chi connectivity index (χ0n) is 12.6. The molecule has 2 aliphatic rings. The van der Waals surface area contributed by atoms with Crippen LogP contribution in [0, 0.1) is 0 Å².